The van der Waals surface area contributed by atoms with Crippen molar-refractivity contribution in [1.82, 2.24) is 15.0 Å². The molecule has 0 bridgehead atoms. The average molecular weight is 257 g/mol. The molecule has 0 aliphatic rings. The Hall–Kier alpha value is -2.20. The largest absolute Gasteiger partial charge is 0.338 e. The summed E-state index contributed by atoms with van der Waals surface area (Å²) in [6, 6.07) is 11.3. The molecule has 1 N–H and O–H groups in total. The minimum Gasteiger partial charge on any atom is -0.338 e. The standard InChI is InChI=1S/C13H9ClN4/c14-12-13(16-9-5-7-15-8-6-9)18-11-4-2-1-3-10(11)17-12/h1-8H,(H,15,16,18). The van der Waals surface area contributed by atoms with Gasteiger partial charge in [-0.3, -0.25) is 4.98 Å². The van der Waals surface area contributed by atoms with Crippen LogP contribution in [0, 0.1) is 0 Å². The highest BCUT2D eigenvalue weighted by molar-refractivity contribution is 6.32. The number of pyridine rings is 1. The molecule has 3 aromatic rings. The lowest BCUT2D eigenvalue weighted by Gasteiger charge is -2.07. The Kier molecular flexibility index (Phi) is 2.78. The van der Waals surface area contributed by atoms with E-state index in [9.17, 15) is 0 Å². The summed E-state index contributed by atoms with van der Waals surface area (Å²) in [6.07, 6.45) is 3.40. The molecule has 0 amide bonds. The lowest BCUT2D eigenvalue weighted by atomic mass is 10.3. The summed E-state index contributed by atoms with van der Waals surface area (Å²) < 4.78 is 0. The Balaban J connectivity index is 2.04. The average Bonchev–Trinajstić information content (AvgIpc) is 2.41. The highest BCUT2D eigenvalue weighted by Crippen LogP contribution is 2.23. The lowest BCUT2D eigenvalue weighted by molar-refractivity contribution is 1.27. The summed E-state index contributed by atoms with van der Waals surface area (Å²) in [5.74, 6) is 0.543. The van der Waals surface area contributed by atoms with Gasteiger partial charge in [0.25, 0.3) is 0 Å². The topological polar surface area (TPSA) is 50.7 Å². The first-order chi connectivity index (χ1) is 8.83. The third-order valence-corrected chi connectivity index (χ3v) is 2.73. The number of benzene rings is 1. The zero-order chi connectivity index (χ0) is 12.4. The van der Waals surface area contributed by atoms with Gasteiger partial charge in [-0.25, -0.2) is 9.97 Å². The molecule has 1 aromatic carbocycles. The van der Waals surface area contributed by atoms with E-state index in [1.165, 1.54) is 0 Å². The van der Waals surface area contributed by atoms with Crippen molar-refractivity contribution in [1.29, 1.82) is 0 Å². The molecule has 0 unspecified atom stereocenters. The first-order valence-electron chi connectivity index (χ1n) is 5.42. The fourth-order valence-electron chi connectivity index (χ4n) is 1.63. The van der Waals surface area contributed by atoms with Gasteiger partial charge in [-0.15, -0.1) is 0 Å². The monoisotopic (exact) mass is 256 g/mol. The molecule has 2 heterocycles. The molecule has 0 saturated heterocycles. The van der Waals surface area contributed by atoms with Gasteiger partial charge in [-0.1, -0.05) is 23.7 Å². The van der Waals surface area contributed by atoms with Crippen LogP contribution in [0.1, 0.15) is 0 Å². The third-order valence-electron chi connectivity index (χ3n) is 2.47. The van der Waals surface area contributed by atoms with Crippen LogP contribution >= 0.6 is 11.6 Å². The van der Waals surface area contributed by atoms with Crippen molar-refractivity contribution in [2.75, 3.05) is 5.32 Å². The van der Waals surface area contributed by atoms with Gasteiger partial charge in [0, 0.05) is 18.1 Å². The van der Waals surface area contributed by atoms with Crippen LogP contribution in [0.4, 0.5) is 11.5 Å². The van der Waals surface area contributed by atoms with Crippen molar-refractivity contribution >= 4 is 34.1 Å². The molecular weight excluding hydrogens is 248 g/mol. The Bertz CT molecular complexity index is 685. The fraction of sp³-hybridized carbons (Fsp3) is 0. The summed E-state index contributed by atoms with van der Waals surface area (Å²) in [5.41, 5.74) is 2.46. The van der Waals surface area contributed by atoms with Gasteiger partial charge in [0.15, 0.2) is 11.0 Å². The second kappa shape index (κ2) is 4.58. The summed E-state index contributed by atoms with van der Waals surface area (Å²) in [5, 5.41) is 3.47. The summed E-state index contributed by atoms with van der Waals surface area (Å²) >= 11 is 6.10. The second-order valence-corrected chi connectivity index (χ2v) is 4.07. The molecule has 0 radical (unpaired) electrons. The minimum atomic E-state index is 0.352. The number of aromatic nitrogens is 3. The van der Waals surface area contributed by atoms with Crippen LogP contribution in [-0.2, 0) is 0 Å². The van der Waals surface area contributed by atoms with Crippen molar-refractivity contribution in [2.45, 2.75) is 0 Å². The van der Waals surface area contributed by atoms with Crippen LogP contribution in [0.25, 0.3) is 11.0 Å². The number of anilines is 2. The zero-order valence-corrected chi connectivity index (χ0v) is 10.1. The molecule has 4 nitrogen and oxygen atoms in total. The van der Waals surface area contributed by atoms with E-state index >= 15 is 0 Å². The van der Waals surface area contributed by atoms with Crippen LogP contribution in [0.3, 0.4) is 0 Å². The van der Waals surface area contributed by atoms with Crippen molar-refractivity contribution in [3.63, 3.8) is 0 Å². The molecule has 88 valence electrons. The number of hydrogen-bond donors (Lipinski definition) is 1. The molecule has 2 aromatic heterocycles. The molecule has 0 saturated carbocycles. The van der Waals surface area contributed by atoms with E-state index in [0.717, 1.165) is 16.7 Å². The number of rotatable bonds is 2. The number of halogens is 1. The third kappa shape index (κ3) is 2.10. The second-order valence-electron chi connectivity index (χ2n) is 3.71. The summed E-state index contributed by atoms with van der Waals surface area (Å²) in [4.78, 5) is 12.7. The summed E-state index contributed by atoms with van der Waals surface area (Å²) in [7, 11) is 0. The maximum absolute atomic E-state index is 6.10. The van der Waals surface area contributed by atoms with Gasteiger partial charge >= 0.3 is 0 Å². The zero-order valence-electron chi connectivity index (χ0n) is 9.34. The quantitative estimate of drug-likeness (QED) is 0.763. The first kappa shape index (κ1) is 10.9. The predicted molar refractivity (Wildman–Crippen MR) is 72.1 cm³/mol. The lowest BCUT2D eigenvalue weighted by Crippen LogP contribution is -1.97. The molecule has 3 rings (SSSR count). The smallest absolute Gasteiger partial charge is 0.172 e. The molecular formula is C13H9ClN4. The minimum absolute atomic E-state index is 0.352. The Morgan fingerprint density at radius 2 is 1.56 bits per heavy atom. The summed E-state index contributed by atoms with van der Waals surface area (Å²) in [6.45, 7) is 0. The van der Waals surface area contributed by atoms with Crippen molar-refractivity contribution < 1.29 is 0 Å². The molecule has 0 spiro atoms. The molecule has 0 aliphatic heterocycles. The van der Waals surface area contributed by atoms with E-state index in [4.69, 9.17) is 11.6 Å². The normalized spacial score (nSPS) is 10.5. The van der Waals surface area contributed by atoms with Crippen LogP contribution in [0.5, 0.6) is 0 Å². The fourth-order valence-corrected chi connectivity index (χ4v) is 1.81. The van der Waals surface area contributed by atoms with Crippen molar-refractivity contribution in [3.8, 4) is 0 Å². The maximum atomic E-state index is 6.10. The first-order valence-corrected chi connectivity index (χ1v) is 5.80. The van der Waals surface area contributed by atoms with Gasteiger partial charge in [0.1, 0.15) is 0 Å². The van der Waals surface area contributed by atoms with Crippen LogP contribution in [0.15, 0.2) is 48.8 Å². The molecule has 0 fully saturated rings. The van der Waals surface area contributed by atoms with Crippen LogP contribution in [0.2, 0.25) is 5.15 Å². The Morgan fingerprint density at radius 3 is 2.28 bits per heavy atom. The van der Waals surface area contributed by atoms with E-state index in [1.54, 1.807) is 12.4 Å². The van der Waals surface area contributed by atoms with Crippen LogP contribution < -0.4 is 5.32 Å². The Morgan fingerprint density at radius 1 is 0.889 bits per heavy atom. The van der Waals surface area contributed by atoms with Crippen molar-refractivity contribution in [2.24, 2.45) is 0 Å². The number of nitrogens with one attached hydrogen (secondary N) is 1. The van der Waals surface area contributed by atoms with Crippen molar-refractivity contribution in [3.05, 3.63) is 53.9 Å². The number of para-hydroxylation sites is 2. The van der Waals surface area contributed by atoms with Gasteiger partial charge in [-0.05, 0) is 24.3 Å². The van der Waals surface area contributed by atoms with Gasteiger partial charge in [0.2, 0.25) is 0 Å². The number of fused-ring (bicyclic) bond motifs is 1. The van der Waals surface area contributed by atoms with Gasteiger partial charge < -0.3 is 5.32 Å². The van der Waals surface area contributed by atoms with Gasteiger partial charge in [-0.2, -0.15) is 0 Å². The number of hydrogen-bond acceptors (Lipinski definition) is 4. The van der Waals surface area contributed by atoms with Gasteiger partial charge in [0.05, 0.1) is 11.0 Å². The predicted octanol–water partition coefficient (Wildman–Crippen LogP) is 3.42. The SMILES string of the molecule is Clc1nc2ccccc2nc1Nc1ccncc1. The molecule has 18 heavy (non-hydrogen) atoms. The van der Waals surface area contributed by atoms with E-state index in [0.29, 0.717) is 11.0 Å². The molecule has 5 heteroatoms. The Labute approximate surface area is 109 Å². The van der Waals surface area contributed by atoms with Crippen LogP contribution in [-0.4, -0.2) is 15.0 Å². The molecule has 0 atom stereocenters. The van der Waals surface area contributed by atoms with E-state index in [1.807, 2.05) is 36.4 Å². The number of nitrogens with zero attached hydrogens (tertiary/aromatic N) is 3. The molecule has 0 aliphatic carbocycles. The van der Waals surface area contributed by atoms with E-state index in [2.05, 4.69) is 20.3 Å². The van der Waals surface area contributed by atoms with E-state index in [-0.39, 0.29) is 0 Å². The van der Waals surface area contributed by atoms with E-state index < -0.39 is 0 Å². The maximum Gasteiger partial charge on any atom is 0.172 e. The highest BCUT2D eigenvalue weighted by Gasteiger charge is 2.06. The highest BCUT2D eigenvalue weighted by atomic mass is 35.5.